The molecule has 16 heavy (non-hydrogen) atoms. The predicted molar refractivity (Wildman–Crippen MR) is 65.5 cm³/mol. The van der Waals surface area contributed by atoms with Gasteiger partial charge in [-0.15, -0.1) is 0 Å². The number of nitrogens with zero attached hydrogens (tertiary/aromatic N) is 2. The summed E-state index contributed by atoms with van der Waals surface area (Å²) in [6.45, 7) is 0.929. The van der Waals surface area contributed by atoms with Gasteiger partial charge in [-0.3, -0.25) is 4.99 Å². The van der Waals surface area contributed by atoms with Gasteiger partial charge in [0.1, 0.15) is 5.84 Å². The number of hydrogen-bond donors (Lipinski definition) is 1. The Morgan fingerprint density at radius 2 is 1.94 bits per heavy atom. The van der Waals surface area contributed by atoms with Crippen molar-refractivity contribution in [1.82, 2.24) is 0 Å². The SMILES string of the molecule is N#Cc1ccc(NC2=NCCCCC2)cc1. The lowest BCUT2D eigenvalue weighted by Gasteiger charge is -2.07. The van der Waals surface area contributed by atoms with E-state index in [1.54, 1.807) is 0 Å². The molecule has 0 aliphatic carbocycles. The fraction of sp³-hybridized carbons (Fsp3) is 0.385. The normalized spacial score (nSPS) is 15.8. The van der Waals surface area contributed by atoms with E-state index in [4.69, 9.17) is 5.26 Å². The number of hydrogen-bond acceptors (Lipinski definition) is 3. The largest absolute Gasteiger partial charge is 0.344 e. The Balaban J connectivity index is 2.02. The first-order valence-corrected chi connectivity index (χ1v) is 5.69. The maximum atomic E-state index is 8.69. The summed E-state index contributed by atoms with van der Waals surface area (Å²) in [6.07, 6.45) is 4.70. The van der Waals surface area contributed by atoms with Crippen molar-refractivity contribution in [3.05, 3.63) is 29.8 Å². The van der Waals surface area contributed by atoms with Crippen LogP contribution in [0, 0.1) is 11.3 Å². The highest BCUT2D eigenvalue weighted by atomic mass is 15.0. The highest BCUT2D eigenvalue weighted by Crippen LogP contribution is 2.13. The van der Waals surface area contributed by atoms with E-state index in [1.165, 1.54) is 19.3 Å². The summed E-state index contributed by atoms with van der Waals surface area (Å²) in [6, 6.07) is 9.59. The summed E-state index contributed by atoms with van der Waals surface area (Å²) >= 11 is 0. The van der Waals surface area contributed by atoms with E-state index < -0.39 is 0 Å². The van der Waals surface area contributed by atoms with Crippen LogP contribution in [0.1, 0.15) is 31.2 Å². The Kier molecular flexibility index (Phi) is 3.55. The molecule has 1 aliphatic rings. The van der Waals surface area contributed by atoms with Gasteiger partial charge in [-0.05, 0) is 37.1 Å². The zero-order valence-corrected chi connectivity index (χ0v) is 9.24. The topological polar surface area (TPSA) is 48.2 Å². The van der Waals surface area contributed by atoms with Crippen molar-refractivity contribution < 1.29 is 0 Å². The molecule has 1 aliphatic heterocycles. The van der Waals surface area contributed by atoms with Gasteiger partial charge < -0.3 is 5.32 Å². The molecular weight excluding hydrogens is 198 g/mol. The Bertz CT molecular complexity index is 412. The zero-order valence-electron chi connectivity index (χ0n) is 9.24. The van der Waals surface area contributed by atoms with Crippen LogP contribution in [-0.2, 0) is 0 Å². The Morgan fingerprint density at radius 1 is 1.12 bits per heavy atom. The first kappa shape index (κ1) is 10.7. The van der Waals surface area contributed by atoms with Crippen LogP contribution >= 0.6 is 0 Å². The number of amidine groups is 1. The van der Waals surface area contributed by atoms with E-state index in [0.717, 1.165) is 24.5 Å². The molecule has 0 atom stereocenters. The summed E-state index contributed by atoms with van der Waals surface area (Å²) in [5, 5.41) is 12.0. The Morgan fingerprint density at radius 3 is 2.69 bits per heavy atom. The number of aliphatic imine (C=N–C) groups is 1. The van der Waals surface area contributed by atoms with Gasteiger partial charge in [0.15, 0.2) is 0 Å². The molecular formula is C13H15N3. The number of rotatable bonds is 1. The molecule has 0 amide bonds. The summed E-state index contributed by atoms with van der Waals surface area (Å²) in [4.78, 5) is 4.50. The highest BCUT2D eigenvalue weighted by Gasteiger charge is 2.04. The minimum absolute atomic E-state index is 0.688. The Labute approximate surface area is 95.8 Å². The molecule has 82 valence electrons. The van der Waals surface area contributed by atoms with Crippen LogP contribution in [0.15, 0.2) is 29.3 Å². The minimum Gasteiger partial charge on any atom is -0.344 e. The Hall–Kier alpha value is -1.82. The first-order chi connectivity index (χ1) is 7.88. The van der Waals surface area contributed by atoms with E-state index in [0.29, 0.717) is 5.56 Å². The third kappa shape index (κ3) is 2.83. The molecule has 0 aromatic heterocycles. The molecule has 0 spiro atoms. The van der Waals surface area contributed by atoms with E-state index in [2.05, 4.69) is 16.4 Å². The number of nitrogens with one attached hydrogen (secondary N) is 1. The average molecular weight is 213 g/mol. The molecule has 1 N–H and O–H groups in total. The van der Waals surface area contributed by atoms with Gasteiger partial charge in [0, 0.05) is 18.7 Å². The fourth-order valence-electron chi connectivity index (χ4n) is 1.77. The van der Waals surface area contributed by atoms with E-state index in [9.17, 15) is 0 Å². The molecule has 0 saturated carbocycles. The third-order valence-electron chi connectivity index (χ3n) is 2.68. The van der Waals surface area contributed by atoms with Crippen LogP contribution in [0.2, 0.25) is 0 Å². The number of anilines is 1. The molecule has 1 heterocycles. The van der Waals surface area contributed by atoms with Gasteiger partial charge >= 0.3 is 0 Å². The predicted octanol–water partition coefficient (Wildman–Crippen LogP) is 2.94. The smallest absolute Gasteiger partial charge is 0.101 e. The van der Waals surface area contributed by atoms with Crippen molar-refractivity contribution in [2.24, 2.45) is 4.99 Å². The van der Waals surface area contributed by atoms with Crippen molar-refractivity contribution in [3.63, 3.8) is 0 Å². The van der Waals surface area contributed by atoms with Crippen LogP contribution in [0.25, 0.3) is 0 Å². The lowest BCUT2D eigenvalue weighted by Crippen LogP contribution is -2.11. The fourth-order valence-corrected chi connectivity index (χ4v) is 1.77. The maximum absolute atomic E-state index is 8.69. The second-order valence-corrected chi connectivity index (χ2v) is 3.95. The van der Waals surface area contributed by atoms with E-state index in [-0.39, 0.29) is 0 Å². The van der Waals surface area contributed by atoms with E-state index >= 15 is 0 Å². The molecule has 0 fully saturated rings. The molecule has 2 rings (SSSR count). The van der Waals surface area contributed by atoms with Crippen LogP contribution in [0.5, 0.6) is 0 Å². The standard InChI is InChI=1S/C13H15N3/c14-10-11-5-7-12(8-6-11)16-13-4-2-1-3-9-15-13/h5-8H,1-4,9H2,(H,15,16). The zero-order chi connectivity index (χ0) is 11.2. The molecule has 0 bridgehead atoms. The van der Waals surface area contributed by atoms with Gasteiger partial charge in [0.25, 0.3) is 0 Å². The molecule has 0 saturated heterocycles. The lowest BCUT2D eigenvalue weighted by atomic mass is 10.2. The molecule has 3 nitrogen and oxygen atoms in total. The van der Waals surface area contributed by atoms with Gasteiger partial charge in [-0.1, -0.05) is 6.42 Å². The summed E-state index contributed by atoms with van der Waals surface area (Å²) in [5.41, 5.74) is 1.70. The molecule has 0 radical (unpaired) electrons. The quantitative estimate of drug-likeness (QED) is 0.779. The van der Waals surface area contributed by atoms with Crippen molar-refractivity contribution in [2.45, 2.75) is 25.7 Å². The minimum atomic E-state index is 0.688. The van der Waals surface area contributed by atoms with Crippen LogP contribution in [-0.4, -0.2) is 12.4 Å². The van der Waals surface area contributed by atoms with Crippen molar-refractivity contribution >= 4 is 11.5 Å². The number of nitriles is 1. The van der Waals surface area contributed by atoms with Crippen molar-refractivity contribution in [3.8, 4) is 6.07 Å². The van der Waals surface area contributed by atoms with Crippen LogP contribution in [0.3, 0.4) is 0 Å². The van der Waals surface area contributed by atoms with Crippen LogP contribution < -0.4 is 5.32 Å². The molecule has 3 heteroatoms. The molecule has 0 unspecified atom stereocenters. The second-order valence-electron chi connectivity index (χ2n) is 3.95. The lowest BCUT2D eigenvalue weighted by molar-refractivity contribution is 0.731. The first-order valence-electron chi connectivity index (χ1n) is 5.69. The monoisotopic (exact) mass is 213 g/mol. The van der Waals surface area contributed by atoms with Crippen molar-refractivity contribution in [1.29, 1.82) is 5.26 Å². The van der Waals surface area contributed by atoms with Gasteiger partial charge in [0.05, 0.1) is 11.6 Å². The summed E-state index contributed by atoms with van der Waals surface area (Å²) in [7, 11) is 0. The third-order valence-corrected chi connectivity index (χ3v) is 2.68. The maximum Gasteiger partial charge on any atom is 0.101 e. The molecule has 1 aromatic carbocycles. The van der Waals surface area contributed by atoms with Gasteiger partial charge in [-0.25, -0.2) is 0 Å². The van der Waals surface area contributed by atoms with E-state index in [1.807, 2.05) is 24.3 Å². The van der Waals surface area contributed by atoms with Gasteiger partial charge in [0.2, 0.25) is 0 Å². The summed E-state index contributed by atoms with van der Waals surface area (Å²) in [5.74, 6) is 1.07. The average Bonchev–Trinajstić information content (AvgIpc) is 2.59. The molecule has 1 aromatic rings. The second kappa shape index (κ2) is 5.32. The number of benzene rings is 1. The van der Waals surface area contributed by atoms with Crippen molar-refractivity contribution in [2.75, 3.05) is 11.9 Å². The summed E-state index contributed by atoms with van der Waals surface area (Å²) < 4.78 is 0. The van der Waals surface area contributed by atoms with Gasteiger partial charge in [-0.2, -0.15) is 5.26 Å². The van der Waals surface area contributed by atoms with Crippen LogP contribution in [0.4, 0.5) is 5.69 Å². The highest BCUT2D eigenvalue weighted by molar-refractivity contribution is 5.95.